The molecule has 0 saturated heterocycles. The first kappa shape index (κ1) is 23.5. The van der Waals surface area contributed by atoms with Gasteiger partial charge in [-0.15, -0.1) is 0 Å². The minimum atomic E-state index is -0.488. The maximum Gasteiger partial charge on any atom is 0.275 e. The quantitative estimate of drug-likeness (QED) is 0.335. The van der Waals surface area contributed by atoms with Crippen molar-refractivity contribution in [3.05, 3.63) is 61.5 Å². The van der Waals surface area contributed by atoms with E-state index in [1.165, 1.54) is 16.8 Å². The average Bonchev–Trinajstić information content (AvgIpc) is 2.68. The van der Waals surface area contributed by atoms with Crippen LogP contribution < -0.4 is 10.3 Å². The second kappa shape index (κ2) is 9.17. The van der Waals surface area contributed by atoms with Crippen molar-refractivity contribution in [3.63, 3.8) is 0 Å². The number of nitrogens with one attached hydrogen (secondary N) is 1. The largest absolute Gasteiger partial charge is 0.506 e. The molecule has 31 heavy (non-hydrogen) atoms. The topological polar surface area (TPSA) is 64.9 Å². The van der Waals surface area contributed by atoms with E-state index in [9.17, 15) is 9.90 Å². The van der Waals surface area contributed by atoms with Crippen LogP contribution in [0.2, 0.25) is 0 Å². The van der Waals surface area contributed by atoms with Gasteiger partial charge in [-0.1, -0.05) is 28.9 Å². The normalized spacial score (nSPS) is 15.1. The van der Waals surface area contributed by atoms with Crippen molar-refractivity contribution in [1.29, 1.82) is 0 Å². The number of hydrogen-bond donors (Lipinski definition) is 2. The van der Waals surface area contributed by atoms with Gasteiger partial charge in [-0.2, -0.15) is 5.10 Å². The van der Waals surface area contributed by atoms with Crippen LogP contribution in [0.15, 0.2) is 44.4 Å². The molecule has 0 saturated carbocycles. The number of allylic oxidation sites excluding steroid dienone is 1. The van der Waals surface area contributed by atoms with Crippen molar-refractivity contribution < 1.29 is 9.90 Å². The highest BCUT2D eigenvalue weighted by Gasteiger charge is 2.31. The number of phenols is 1. The van der Waals surface area contributed by atoms with Gasteiger partial charge < -0.3 is 10.0 Å². The number of carbonyl (C=O) groups is 1. The average molecular weight is 549 g/mol. The summed E-state index contributed by atoms with van der Waals surface area (Å²) >= 11 is 6.56. The molecule has 0 radical (unpaired) electrons. The lowest BCUT2D eigenvalue weighted by atomic mass is 9.87. The lowest BCUT2D eigenvalue weighted by molar-refractivity contribution is 0.0952. The zero-order chi connectivity index (χ0) is 22.9. The second-order valence-electron chi connectivity index (χ2n) is 8.34. The minimum absolute atomic E-state index is 0.0383. The molecule has 0 fully saturated rings. The van der Waals surface area contributed by atoms with Gasteiger partial charge >= 0.3 is 0 Å². The Kier molecular flexibility index (Phi) is 6.96. The number of benzene rings is 2. The number of anilines is 1. The zero-order valence-corrected chi connectivity index (χ0v) is 21.6. The third-order valence-corrected chi connectivity index (χ3v) is 6.52. The van der Waals surface area contributed by atoms with E-state index in [1.807, 2.05) is 6.92 Å². The molecule has 0 unspecified atom stereocenters. The van der Waals surface area contributed by atoms with Crippen molar-refractivity contribution >= 4 is 55.2 Å². The molecule has 1 amide bonds. The maximum atomic E-state index is 12.5. The summed E-state index contributed by atoms with van der Waals surface area (Å²) in [5, 5.41) is 14.3. The minimum Gasteiger partial charge on any atom is -0.506 e. The number of aryl methyl sites for hydroxylation is 1. The molecule has 7 heteroatoms. The summed E-state index contributed by atoms with van der Waals surface area (Å²) in [7, 11) is 0. The Hall–Kier alpha value is -2.12. The molecule has 2 aromatic carbocycles. The van der Waals surface area contributed by atoms with Crippen molar-refractivity contribution in [1.82, 2.24) is 5.43 Å². The van der Waals surface area contributed by atoms with E-state index in [-0.39, 0.29) is 16.9 Å². The number of hydrogen-bond acceptors (Lipinski definition) is 4. The van der Waals surface area contributed by atoms with Gasteiger partial charge in [-0.25, -0.2) is 5.43 Å². The highest BCUT2D eigenvalue weighted by atomic mass is 79.9. The summed E-state index contributed by atoms with van der Waals surface area (Å²) in [6.07, 6.45) is 5.02. The number of halogens is 2. The van der Waals surface area contributed by atoms with E-state index in [0.29, 0.717) is 8.95 Å². The highest BCUT2D eigenvalue weighted by Crippen LogP contribution is 2.40. The van der Waals surface area contributed by atoms with Gasteiger partial charge in [0, 0.05) is 22.3 Å². The first-order chi connectivity index (χ1) is 14.5. The molecular formula is C24H27Br2N3O2. The lowest BCUT2D eigenvalue weighted by Gasteiger charge is -2.43. The number of phenolic OH excluding ortho intramolecular Hbond substituents is 1. The van der Waals surface area contributed by atoms with Crippen LogP contribution in [0.1, 0.15) is 61.2 Å². The summed E-state index contributed by atoms with van der Waals surface area (Å²) in [5.74, 6) is -0.612. The van der Waals surface area contributed by atoms with Crippen molar-refractivity contribution in [2.75, 3.05) is 11.4 Å². The Balaban J connectivity index is 1.88. The van der Waals surface area contributed by atoms with Crippen molar-refractivity contribution in [3.8, 4) is 5.75 Å². The molecule has 1 heterocycles. The zero-order valence-electron chi connectivity index (χ0n) is 18.4. The molecule has 1 aliphatic heterocycles. The molecule has 164 valence electrons. The number of rotatable bonds is 5. The summed E-state index contributed by atoms with van der Waals surface area (Å²) in [5.41, 5.74) is 8.26. The van der Waals surface area contributed by atoms with E-state index >= 15 is 0 Å². The van der Waals surface area contributed by atoms with Crippen LogP contribution in [0.3, 0.4) is 0 Å². The summed E-state index contributed by atoms with van der Waals surface area (Å²) in [6, 6.07) is 7.54. The molecular weight excluding hydrogens is 522 g/mol. The fourth-order valence-electron chi connectivity index (χ4n) is 3.98. The van der Waals surface area contributed by atoms with Gasteiger partial charge in [-0.3, -0.25) is 4.79 Å². The van der Waals surface area contributed by atoms with E-state index in [2.05, 4.69) is 93.2 Å². The third-order valence-electron chi connectivity index (χ3n) is 5.46. The fourth-order valence-corrected chi connectivity index (χ4v) is 5.20. The lowest BCUT2D eigenvalue weighted by Crippen LogP contribution is -2.45. The Morgan fingerprint density at radius 1 is 1.23 bits per heavy atom. The predicted molar refractivity (Wildman–Crippen MR) is 135 cm³/mol. The van der Waals surface area contributed by atoms with Crippen molar-refractivity contribution in [2.24, 2.45) is 5.10 Å². The first-order valence-electron chi connectivity index (χ1n) is 10.2. The Bertz CT molecular complexity index is 1090. The maximum absolute atomic E-state index is 12.5. The Morgan fingerprint density at radius 2 is 1.94 bits per heavy atom. The standard InChI is InChI=1S/C24H27Br2N3O2/c1-6-7-29-21-8-14(2)16(9-18(21)15(3)12-24(29,4)5)13-27-28-23(31)19-10-17(25)11-20(26)22(19)30/h8-13,30H,6-7H2,1-5H3,(H,28,31)/b27-13-. The van der Waals surface area contributed by atoms with Crippen LogP contribution in [0.4, 0.5) is 5.69 Å². The van der Waals surface area contributed by atoms with Gasteiger partial charge in [0.1, 0.15) is 5.75 Å². The third kappa shape index (κ3) is 4.88. The van der Waals surface area contributed by atoms with Gasteiger partial charge in [0.25, 0.3) is 5.91 Å². The number of carbonyl (C=O) groups excluding carboxylic acids is 1. The van der Waals surface area contributed by atoms with Crippen LogP contribution in [0.5, 0.6) is 5.75 Å². The second-order valence-corrected chi connectivity index (χ2v) is 10.1. The van der Waals surface area contributed by atoms with Gasteiger partial charge in [0.05, 0.1) is 21.8 Å². The molecule has 0 spiro atoms. The molecule has 2 N–H and O–H groups in total. The summed E-state index contributed by atoms with van der Waals surface area (Å²) < 4.78 is 1.11. The van der Waals surface area contributed by atoms with E-state index in [0.717, 1.165) is 24.1 Å². The van der Waals surface area contributed by atoms with Crippen LogP contribution in [0, 0.1) is 6.92 Å². The van der Waals surface area contributed by atoms with Gasteiger partial charge in [0.2, 0.25) is 0 Å². The number of nitrogens with zero attached hydrogens (tertiary/aromatic N) is 2. The molecule has 0 aromatic heterocycles. The van der Waals surface area contributed by atoms with Gasteiger partial charge in [-0.05, 0) is 91.0 Å². The van der Waals surface area contributed by atoms with Crippen LogP contribution >= 0.6 is 31.9 Å². The SMILES string of the molecule is CCCN1c2cc(C)c(/C=N\NC(=O)c3cc(Br)cc(Br)c3O)cc2C(C)=CC1(C)C. The summed E-state index contributed by atoms with van der Waals surface area (Å²) in [6.45, 7) is 11.8. The van der Waals surface area contributed by atoms with E-state index < -0.39 is 5.91 Å². The van der Waals surface area contributed by atoms with Crippen LogP contribution in [-0.2, 0) is 0 Å². The van der Waals surface area contributed by atoms with Crippen LogP contribution in [0.25, 0.3) is 5.57 Å². The molecule has 0 bridgehead atoms. The van der Waals surface area contributed by atoms with Crippen molar-refractivity contribution in [2.45, 2.75) is 46.6 Å². The molecule has 3 rings (SSSR count). The predicted octanol–water partition coefficient (Wildman–Crippen LogP) is 6.40. The number of fused-ring (bicyclic) bond motifs is 1. The molecule has 1 aliphatic rings. The number of hydrazone groups is 1. The molecule has 2 aromatic rings. The Labute approximate surface area is 200 Å². The van der Waals surface area contributed by atoms with Crippen LogP contribution in [-0.4, -0.2) is 29.3 Å². The number of amides is 1. The monoisotopic (exact) mass is 547 g/mol. The molecule has 0 atom stereocenters. The smallest absolute Gasteiger partial charge is 0.275 e. The molecule has 0 aliphatic carbocycles. The highest BCUT2D eigenvalue weighted by molar-refractivity contribution is 9.11. The van der Waals surface area contributed by atoms with E-state index in [1.54, 1.807) is 18.3 Å². The summed E-state index contributed by atoms with van der Waals surface area (Å²) in [4.78, 5) is 14.9. The first-order valence-corrected chi connectivity index (χ1v) is 11.8. The van der Waals surface area contributed by atoms with E-state index in [4.69, 9.17) is 0 Å². The Morgan fingerprint density at radius 3 is 2.61 bits per heavy atom. The fraction of sp³-hybridized carbons (Fsp3) is 0.333. The van der Waals surface area contributed by atoms with Gasteiger partial charge in [0.15, 0.2) is 0 Å². The number of aromatic hydroxyl groups is 1. The molecule has 5 nitrogen and oxygen atoms in total.